The Balaban J connectivity index is 1.83. The lowest BCUT2D eigenvalue weighted by atomic mass is 9.76. The van der Waals surface area contributed by atoms with Crippen molar-refractivity contribution in [2.75, 3.05) is 5.32 Å². The first kappa shape index (κ1) is 14.0. The summed E-state index contributed by atoms with van der Waals surface area (Å²) in [5.74, 6) is 0.657. The molecule has 4 rings (SSSR count). The summed E-state index contributed by atoms with van der Waals surface area (Å²) in [5, 5.41) is 14.9. The van der Waals surface area contributed by atoms with E-state index in [-0.39, 0.29) is 22.6 Å². The number of rotatable bonds is 2. The minimum atomic E-state index is -0.295. The van der Waals surface area contributed by atoms with Gasteiger partial charge in [-0.25, -0.2) is 0 Å². The van der Waals surface area contributed by atoms with Gasteiger partial charge in [-0.15, -0.1) is 0 Å². The second kappa shape index (κ2) is 5.23. The Bertz CT molecular complexity index is 796. The highest BCUT2D eigenvalue weighted by Crippen LogP contribution is 2.51. The predicted octanol–water partition coefficient (Wildman–Crippen LogP) is 4.73. The summed E-state index contributed by atoms with van der Waals surface area (Å²) in [5.41, 5.74) is 4.30. The second-order valence-electron chi connectivity index (χ2n) is 6.38. The van der Waals surface area contributed by atoms with Crippen LogP contribution in [0.5, 0.6) is 0 Å². The van der Waals surface area contributed by atoms with Crippen LogP contribution in [0, 0.1) is 23.0 Å². The van der Waals surface area contributed by atoms with E-state index in [0.29, 0.717) is 11.6 Å². The molecule has 3 atom stereocenters. The third-order valence-electron chi connectivity index (χ3n) is 5.01. The first-order valence-electron chi connectivity index (χ1n) is 7.92. The predicted molar refractivity (Wildman–Crippen MR) is 90.6 cm³/mol. The molecule has 23 heavy (non-hydrogen) atoms. The number of nitrogens with one attached hydrogen (secondary N) is 1. The fourth-order valence-electron chi connectivity index (χ4n) is 3.86. The number of hydrogen-bond acceptors (Lipinski definition) is 3. The largest absolute Gasteiger partial charge is 0.372 e. The highest BCUT2D eigenvalue weighted by Gasteiger charge is 2.40. The van der Waals surface area contributed by atoms with Gasteiger partial charge >= 0.3 is 0 Å². The zero-order valence-corrected chi connectivity index (χ0v) is 12.9. The van der Waals surface area contributed by atoms with Gasteiger partial charge in [0, 0.05) is 12.0 Å². The summed E-state index contributed by atoms with van der Waals surface area (Å²) in [4.78, 5) is 11.1. The summed E-state index contributed by atoms with van der Waals surface area (Å²) in [6.45, 7) is 2.07. The van der Waals surface area contributed by atoms with E-state index < -0.39 is 0 Å². The molecule has 0 unspecified atom stereocenters. The van der Waals surface area contributed by atoms with Crippen LogP contribution in [0.1, 0.15) is 35.1 Å². The van der Waals surface area contributed by atoms with Crippen LogP contribution in [0.25, 0.3) is 0 Å². The van der Waals surface area contributed by atoms with Gasteiger partial charge in [-0.1, -0.05) is 54.1 Å². The van der Waals surface area contributed by atoms with Crippen LogP contribution in [0.2, 0.25) is 0 Å². The average molecular weight is 306 g/mol. The van der Waals surface area contributed by atoms with Crippen molar-refractivity contribution in [2.24, 2.45) is 5.92 Å². The molecular weight excluding hydrogens is 288 g/mol. The van der Waals surface area contributed by atoms with Crippen molar-refractivity contribution in [3.8, 4) is 0 Å². The number of fused-ring (bicyclic) bond motifs is 3. The van der Waals surface area contributed by atoms with Gasteiger partial charge in [0.1, 0.15) is 5.69 Å². The lowest BCUT2D eigenvalue weighted by Gasteiger charge is -2.37. The van der Waals surface area contributed by atoms with Crippen molar-refractivity contribution in [2.45, 2.75) is 25.3 Å². The maximum atomic E-state index is 11.4. The van der Waals surface area contributed by atoms with Crippen molar-refractivity contribution in [3.63, 3.8) is 0 Å². The van der Waals surface area contributed by atoms with Crippen molar-refractivity contribution in [3.05, 3.63) is 81.4 Å². The third-order valence-corrected chi connectivity index (χ3v) is 5.01. The van der Waals surface area contributed by atoms with E-state index in [1.807, 2.05) is 6.07 Å². The maximum Gasteiger partial charge on any atom is 0.292 e. The summed E-state index contributed by atoms with van der Waals surface area (Å²) < 4.78 is 0. The Morgan fingerprint density at radius 2 is 1.96 bits per heavy atom. The van der Waals surface area contributed by atoms with Crippen LogP contribution in [-0.4, -0.2) is 4.92 Å². The monoisotopic (exact) mass is 306 g/mol. The van der Waals surface area contributed by atoms with E-state index in [9.17, 15) is 10.1 Å². The van der Waals surface area contributed by atoms with Crippen LogP contribution < -0.4 is 5.32 Å². The Labute approximate surface area is 135 Å². The molecule has 0 fully saturated rings. The van der Waals surface area contributed by atoms with Gasteiger partial charge in [0.2, 0.25) is 0 Å². The molecule has 1 N–H and O–H groups in total. The van der Waals surface area contributed by atoms with Crippen LogP contribution in [0.3, 0.4) is 0 Å². The van der Waals surface area contributed by atoms with E-state index in [4.69, 9.17) is 0 Å². The van der Waals surface area contributed by atoms with Crippen LogP contribution >= 0.6 is 0 Å². The van der Waals surface area contributed by atoms with Gasteiger partial charge in [0.25, 0.3) is 5.69 Å². The smallest absolute Gasteiger partial charge is 0.292 e. The van der Waals surface area contributed by atoms with Gasteiger partial charge in [-0.3, -0.25) is 10.1 Å². The molecule has 1 heterocycles. The molecule has 0 spiro atoms. The third kappa shape index (κ3) is 2.22. The molecule has 2 aromatic rings. The number of nitrogens with zero attached hydrogens (tertiary/aromatic N) is 1. The summed E-state index contributed by atoms with van der Waals surface area (Å²) in [6, 6.07) is 13.9. The fourth-order valence-corrected chi connectivity index (χ4v) is 3.86. The lowest BCUT2D eigenvalue weighted by molar-refractivity contribution is -0.384. The minimum absolute atomic E-state index is 0.101. The standard InChI is InChI=1S/C19H18N2O2/c1-12-8-10-13(11-9-12)18-15-5-2-4-14(15)16-6-3-7-17(21(22)23)19(16)20-18/h2-4,6-11,14-15,18,20H,5H2,1H3/t14-,15-,18+/m1/s1. The van der Waals surface area contributed by atoms with Gasteiger partial charge in [0.05, 0.1) is 11.0 Å². The molecule has 4 heteroatoms. The Morgan fingerprint density at radius 1 is 1.17 bits per heavy atom. The van der Waals surface area contributed by atoms with Crippen LogP contribution in [0.15, 0.2) is 54.6 Å². The van der Waals surface area contributed by atoms with Crippen molar-refractivity contribution in [1.29, 1.82) is 0 Å². The molecule has 0 amide bonds. The Kier molecular flexibility index (Phi) is 3.18. The van der Waals surface area contributed by atoms with Gasteiger partial charge in [-0.2, -0.15) is 0 Å². The van der Waals surface area contributed by atoms with Crippen molar-refractivity contribution < 1.29 is 4.92 Å². The first-order chi connectivity index (χ1) is 11.1. The van der Waals surface area contributed by atoms with Gasteiger partial charge in [0.15, 0.2) is 0 Å². The molecule has 0 aromatic heterocycles. The molecule has 4 nitrogen and oxygen atoms in total. The molecule has 0 saturated carbocycles. The lowest BCUT2D eigenvalue weighted by Crippen LogP contribution is -2.29. The molecule has 0 bridgehead atoms. The van der Waals surface area contributed by atoms with Crippen LogP contribution in [0.4, 0.5) is 11.4 Å². The summed E-state index contributed by atoms with van der Waals surface area (Å²) in [6.07, 6.45) is 5.40. The first-order valence-corrected chi connectivity index (χ1v) is 7.92. The molecule has 1 aliphatic carbocycles. The normalized spacial score (nSPS) is 24.7. The number of allylic oxidation sites excluding steroid dienone is 2. The summed E-state index contributed by atoms with van der Waals surface area (Å²) >= 11 is 0. The van der Waals surface area contributed by atoms with Gasteiger partial charge < -0.3 is 5.32 Å². The number of para-hydroxylation sites is 1. The van der Waals surface area contributed by atoms with E-state index in [2.05, 4.69) is 48.7 Å². The molecular formula is C19H18N2O2. The van der Waals surface area contributed by atoms with Crippen LogP contribution in [-0.2, 0) is 0 Å². The van der Waals surface area contributed by atoms with Crippen molar-refractivity contribution >= 4 is 11.4 Å². The Hall–Kier alpha value is -2.62. The SMILES string of the molecule is Cc1ccc([C@@H]2Nc3c(cccc3[N+](=O)[O-])[C@@H]3C=CC[C@H]32)cc1. The second-order valence-corrected chi connectivity index (χ2v) is 6.38. The molecule has 2 aliphatic rings. The highest BCUT2D eigenvalue weighted by molar-refractivity contribution is 5.71. The number of aryl methyl sites for hydroxylation is 1. The molecule has 0 radical (unpaired) electrons. The highest BCUT2D eigenvalue weighted by atomic mass is 16.6. The van der Waals surface area contributed by atoms with E-state index in [1.54, 1.807) is 12.1 Å². The van der Waals surface area contributed by atoms with E-state index >= 15 is 0 Å². The fraction of sp³-hybridized carbons (Fsp3) is 0.263. The number of hydrogen-bond donors (Lipinski definition) is 1. The van der Waals surface area contributed by atoms with Gasteiger partial charge in [-0.05, 0) is 30.4 Å². The molecule has 116 valence electrons. The average Bonchev–Trinajstić information content (AvgIpc) is 3.04. The maximum absolute atomic E-state index is 11.4. The summed E-state index contributed by atoms with van der Waals surface area (Å²) in [7, 11) is 0. The molecule has 1 aliphatic heterocycles. The topological polar surface area (TPSA) is 55.2 Å². The minimum Gasteiger partial charge on any atom is -0.372 e. The molecule has 2 aromatic carbocycles. The zero-order valence-electron chi connectivity index (χ0n) is 12.9. The Morgan fingerprint density at radius 3 is 2.70 bits per heavy atom. The molecule has 0 saturated heterocycles. The van der Waals surface area contributed by atoms with E-state index in [0.717, 1.165) is 12.0 Å². The number of anilines is 1. The zero-order chi connectivity index (χ0) is 16.0. The number of nitro groups is 1. The van der Waals surface area contributed by atoms with Crippen molar-refractivity contribution in [1.82, 2.24) is 0 Å². The quantitative estimate of drug-likeness (QED) is 0.496. The number of benzene rings is 2. The number of nitro benzene ring substituents is 1. The van der Waals surface area contributed by atoms with E-state index in [1.165, 1.54) is 11.1 Å².